The fourth-order valence-electron chi connectivity index (χ4n) is 2.19. The van der Waals surface area contributed by atoms with E-state index in [0.717, 1.165) is 0 Å². The van der Waals surface area contributed by atoms with E-state index in [1.54, 1.807) is 11.8 Å². The Kier molecular flexibility index (Phi) is 4.10. The number of thioether (sulfide) groups is 1. The zero-order chi connectivity index (χ0) is 13.1. The molecule has 18 heavy (non-hydrogen) atoms. The van der Waals surface area contributed by atoms with Crippen molar-refractivity contribution >= 4 is 11.8 Å². The smallest absolute Gasteiger partial charge is 0.0565 e. The highest BCUT2D eigenvalue weighted by molar-refractivity contribution is 7.98. The van der Waals surface area contributed by atoms with E-state index in [2.05, 4.69) is 62.6 Å². The van der Waals surface area contributed by atoms with Gasteiger partial charge in [0, 0.05) is 4.90 Å². The molecule has 0 amide bonds. The first-order valence-electron chi connectivity index (χ1n) is 6.09. The van der Waals surface area contributed by atoms with E-state index in [1.807, 2.05) is 0 Å². The molecule has 0 saturated heterocycles. The Bertz CT molecular complexity index is 549. The molecular weight excluding hydrogens is 238 g/mol. The third-order valence-electron chi connectivity index (χ3n) is 3.24. The summed E-state index contributed by atoms with van der Waals surface area (Å²) in [6, 6.07) is 14.8. The van der Waals surface area contributed by atoms with Crippen molar-refractivity contribution < 1.29 is 0 Å². The maximum atomic E-state index is 6.45. The van der Waals surface area contributed by atoms with Crippen LogP contribution in [-0.4, -0.2) is 6.26 Å². The first kappa shape index (κ1) is 13.2. The van der Waals surface area contributed by atoms with Gasteiger partial charge in [0.25, 0.3) is 0 Å². The molecule has 1 nitrogen and oxygen atoms in total. The van der Waals surface area contributed by atoms with Gasteiger partial charge in [0.05, 0.1) is 6.04 Å². The second-order valence-electron chi connectivity index (χ2n) is 4.58. The Balaban J connectivity index is 2.47. The SMILES string of the molecule is CSc1ccccc1C(N)c1cc(C)ccc1C. The lowest BCUT2D eigenvalue weighted by Gasteiger charge is -2.18. The summed E-state index contributed by atoms with van der Waals surface area (Å²) < 4.78 is 0. The fraction of sp³-hybridized carbons (Fsp3) is 0.250. The van der Waals surface area contributed by atoms with Crippen molar-refractivity contribution in [2.45, 2.75) is 24.8 Å². The van der Waals surface area contributed by atoms with E-state index in [4.69, 9.17) is 5.73 Å². The van der Waals surface area contributed by atoms with Crippen molar-refractivity contribution in [2.75, 3.05) is 6.26 Å². The van der Waals surface area contributed by atoms with Crippen LogP contribution in [0.15, 0.2) is 47.4 Å². The van der Waals surface area contributed by atoms with Crippen LogP contribution >= 0.6 is 11.8 Å². The largest absolute Gasteiger partial charge is 0.320 e. The van der Waals surface area contributed by atoms with E-state index in [-0.39, 0.29) is 6.04 Å². The molecule has 1 atom stereocenters. The van der Waals surface area contributed by atoms with Gasteiger partial charge in [-0.05, 0) is 42.9 Å². The Morgan fingerprint density at radius 2 is 1.72 bits per heavy atom. The molecule has 2 heteroatoms. The lowest BCUT2D eigenvalue weighted by atomic mass is 9.94. The molecular formula is C16H19NS. The van der Waals surface area contributed by atoms with Crippen LogP contribution in [0.5, 0.6) is 0 Å². The van der Waals surface area contributed by atoms with Crippen molar-refractivity contribution in [3.8, 4) is 0 Å². The first-order valence-corrected chi connectivity index (χ1v) is 7.31. The molecule has 0 spiro atoms. The summed E-state index contributed by atoms with van der Waals surface area (Å²) in [6.45, 7) is 4.23. The van der Waals surface area contributed by atoms with Gasteiger partial charge in [0.15, 0.2) is 0 Å². The van der Waals surface area contributed by atoms with Crippen molar-refractivity contribution in [3.63, 3.8) is 0 Å². The zero-order valence-electron chi connectivity index (χ0n) is 11.1. The molecule has 2 N–H and O–H groups in total. The molecule has 0 aliphatic heterocycles. The molecule has 0 radical (unpaired) electrons. The highest BCUT2D eigenvalue weighted by atomic mass is 32.2. The normalized spacial score (nSPS) is 12.4. The van der Waals surface area contributed by atoms with Crippen LogP contribution in [-0.2, 0) is 0 Å². The van der Waals surface area contributed by atoms with E-state index in [0.29, 0.717) is 0 Å². The Morgan fingerprint density at radius 3 is 2.44 bits per heavy atom. The van der Waals surface area contributed by atoms with Crippen molar-refractivity contribution in [2.24, 2.45) is 5.73 Å². The standard InChI is InChI=1S/C16H19NS/c1-11-8-9-12(2)14(10-11)16(17)13-6-4-5-7-15(13)18-3/h4-10,16H,17H2,1-3H3. The van der Waals surface area contributed by atoms with Crippen LogP contribution in [0.1, 0.15) is 28.3 Å². The first-order chi connectivity index (χ1) is 8.63. The van der Waals surface area contributed by atoms with Gasteiger partial charge < -0.3 is 5.73 Å². The average Bonchev–Trinajstić information content (AvgIpc) is 2.40. The fourth-order valence-corrected chi connectivity index (χ4v) is 2.83. The van der Waals surface area contributed by atoms with Crippen LogP contribution in [0, 0.1) is 13.8 Å². The molecule has 0 saturated carbocycles. The minimum atomic E-state index is -0.0476. The average molecular weight is 257 g/mol. The predicted molar refractivity (Wildman–Crippen MR) is 80.2 cm³/mol. The van der Waals surface area contributed by atoms with Gasteiger partial charge in [0.1, 0.15) is 0 Å². The summed E-state index contributed by atoms with van der Waals surface area (Å²) in [5, 5.41) is 0. The summed E-state index contributed by atoms with van der Waals surface area (Å²) >= 11 is 1.75. The van der Waals surface area contributed by atoms with E-state index < -0.39 is 0 Å². The summed E-state index contributed by atoms with van der Waals surface area (Å²) in [7, 11) is 0. The third kappa shape index (κ3) is 2.60. The van der Waals surface area contributed by atoms with Crippen LogP contribution in [0.4, 0.5) is 0 Å². The van der Waals surface area contributed by atoms with Gasteiger partial charge >= 0.3 is 0 Å². The summed E-state index contributed by atoms with van der Waals surface area (Å²) in [6.07, 6.45) is 2.09. The molecule has 2 rings (SSSR count). The van der Waals surface area contributed by atoms with Gasteiger partial charge in [-0.15, -0.1) is 11.8 Å². The second-order valence-corrected chi connectivity index (χ2v) is 5.43. The van der Waals surface area contributed by atoms with Crippen molar-refractivity contribution in [3.05, 3.63) is 64.7 Å². The lowest BCUT2D eigenvalue weighted by molar-refractivity contribution is 0.838. The quantitative estimate of drug-likeness (QED) is 0.839. The second kappa shape index (κ2) is 5.59. The molecule has 0 aromatic heterocycles. The van der Waals surface area contributed by atoms with Gasteiger partial charge in [-0.2, -0.15) is 0 Å². The van der Waals surface area contributed by atoms with Crippen LogP contribution in [0.25, 0.3) is 0 Å². The van der Waals surface area contributed by atoms with Crippen molar-refractivity contribution in [1.82, 2.24) is 0 Å². The lowest BCUT2D eigenvalue weighted by Crippen LogP contribution is -2.14. The number of rotatable bonds is 3. The van der Waals surface area contributed by atoms with Crippen LogP contribution in [0.2, 0.25) is 0 Å². The topological polar surface area (TPSA) is 26.0 Å². The van der Waals surface area contributed by atoms with Gasteiger partial charge in [0.2, 0.25) is 0 Å². The Morgan fingerprint density at radius 1 is 1.00 bits per heavy atom. The Labute approximate surface area is 113 Å². The maximum absolute atomic E-state index is 6.45. The van der Waals surface area contributed by atoms with Gasteiger partial charge in [-0.25, -0.2) is 0 Å². The number of nitrogens with two attached hydrogens (primary N) is 1. The number of hydrogen-bond donors (Lipinski definition) is 1. The minimum absolute atomic E-state index is 0.0476. The van der Waals surface area contributed by atoms with Crippen molar-refractivity contribution in [1.29, 1.82) is 0 Å². The highest BCUT2D eigenvalue weighted by Crippen LogP contribution is 2.30. The zero-order valence-corrected chi connectivity index (χ0v) is 11.9. The number of hydrogen-bond acceptors (Lipinski definition) is 2. The molecule has 0 fully saturated rings. The molecule has 0 heterocycles. The molecule has 0 aliphatic carbocycles. The number of aryl methyl sites for hydroxylation is 2. The predicted octanol–water partition coefficient (Wildman–Crippen LogP) is 4.07. The van der Waals surface area contributed by atoms with E-state index in [9.17, 15) is 0 Å². The summed E-state index contributed by atoms with van der Waals surface area (Å²) in [5.74, 6) is 0. The third-order valence-corrected chi connectivity index (χ3v) is 4.06. The highest BCUT2D eigenvalue weighted by Gasteiger charge is 2.14. The maximum Gasteiger partial charge on any atom is 0.0565 e. The van der Waals surface area contributed by atoms with Gasteiger partial charge in [-0.3, -0.25) is 0 Å². The minimum Gasteiger partial charge on any atom is -0.320 e. The van der Waals surface area contributed by atoms with Crippen LogP contribution in [0.3, 0.4) is 0 Å². The van der Waals surface area contributed by atoms with E-state index >= 15 is 0 Å². The van der Waals surface area contributed by atoms with Crippen LogP contribution < -0.4 is 5.73 Å². The molecule has 2 aromatic rings. The van der Waals surface area contributed by atoms with E-state index in [1.165, 1.54) is 27.1 Å². The van der Waals surface area contributed by atoms with Gasteiger partial charge in [-0.1, -0.05) is 42.0 Å². The summed E-state index contributed by atoms with van der Waals surface area (Å²) in [4.78, 5) is 1.26. The molecule has 0 aliphatic rings. The number of benzene rings is 2. The molecule has 1 unspecified atom stereocenters. The monoisotopic (exact) mass is 257 g/mol. The molecule has 0 bridgehead atoms. The molecule has 94 valence electrons. The molecule has 2 aromatic carbocycles. The Hall–Kier alpha value is -1.25. The summed E-state index contributed by atoms with van der Waals surface area (Å²) in [5.41, 5.74) is 11.4.